The summed E-state index contributed by atoms with van der Waals surface area (Å²) in [5, 5.41) is 3.17. The molecule has 1 fully saturated rings. The van der Waals surface area contributed by atoms with Crippen LogP contribution in [0.1, 0.15) is 11.7 Å². The average Bonchev–Trinajstić information content (AvgIpc) is 2.84. The molecule has 0 aliphatic carbocycles. The number of hydrogen-bond donors (Lipinski definition) is 1. The molecule has 0 aromatic carbocycles. The van der Waals surface area contributed by atoms with Gasteiger partial charge in [-0.15, -0.1) is 0 Å². The van der Waals surface area contributed by atoms with Crippen LogP contribution in [0.25, 0.3) is 0 Å². The van der Waals surface area contributed by atoms with Crippen LogP contribution in [0.5, 0.6) is 0 Å². The number of methoxy groups -OCH3 is 1. The highest BCUT2D eigenvalue weighted by molar-refractivity contribution is 9.10. The topological polar surface area (TPSA) is 51.5 Å². The van der Waals surface area contributed by atoms with Gasteiger partial charge in [0.15, 0.2) is 4.67 Å². The Morgan fingerprint density at radius 2 is 2.40 bits per heavy atom. The minimum absolute atomic E-state index is 0.0729. The molecule has 2 heterocycles. The molecule has 0 saturated carbocycles. The lowest BCUT2D eigenvalue weighted by Crippen LogP contribution is -2.22. The monoisotopic (exact) mass is 273 g/mol. The summed E-state index contributed by atoms with van der Waals surface area (Å²) in [5.74, 6) is 0.566. The number of carbonyl (C=O) groups excluding carboxylic acids is 1. The van der Waals surface area contributed by atoms with Gasteiger partial charge in [0.2, 0.25) is 0 Å². The third kappa shape index (κ3) is 2.08. The molecular formula is C10H12BrNO3. The Morgan fingerprint density at radius 3 is 3.00 bits per heavy atom. The highest BCUT2D eigenvalue weighted by Gasteiger charge is 2.36. The number of carbonyl (C=O) groups is 1. The van der Waals surface area contributed by atoms with Crippen molar-refractivity contribution in [3.63, 3.8) is 0 Å². The number of nitrogens with one attached hydrogen (secondary N) is 1. The second-order valence-electron chi connectivity index (χ2n) is 3.54. The van der Waals surface area contributed by atoms with E-state index in [-0.39, 0.29) is 17.8 Å². The first kappa shape index (κ1) is 10.7. The molecule has 0 amide bonds. The van der Waals surface area contributed by atoms with Gasteiger partial charge in [-0.1, -0.05) is 0 Å². The van der Waals surface area contributed by atoms with Crippen molar-refractivity contribution in [2.24, 2.45) is 5.92 Å². The zero-order valence-corrected chi connectivity index (χ0v) is 9.91. The summed E-state index contributed by atoms with van der Waals surface area (Å²) in [5.41, 5.74) is 0. The van der Waals surface area contributed by atoms with Crippen LogP contribution in [0.3, 0.4) is 0 Å². The van der Waals surface area contributed by atoms with Gasteiger partial charge in [-0.2, -0.15) is 0 Å². The van der Waals surface area contributed by atoms with E-state index in [0.29, 0.717) is 11.2 Å². The molecule has 1 aliphatic rings. The summed E-state index contributed by atoms with van der Waals surface area (Å²) < 4.78 is 10.9. The van der Waals surface area contributed by atoms with Gasteiger partial charge >= 0.3 is 5.97 Å². The Bertz CT molecular complexity index is 363. The molecular weight excluding hydrogens is 262 g/mol. The van der Waals surface area contributed by atoms with Crippen LogP contribution in [0.15, 0.2) is 21.2 Å². The molecule has 1 aromatic rings. The van der Waals surface area contributed by atoms with Gasteiger partial charge in [0.1, 0.15) is 5.76 Å². The molecule has 82 valence electrons. The lowest BCUT2D eigenvalue weighted by Gasteiger charge is -2.13. The quantitative estimate of drug-likeness (QED) is 0.831. The predicted octanol–water partition coefficient (Wildman–Crippen LogP) is 1.52. The number of ether oxygens (including phenoxy) is 1. The second-order valence-corrected chi connectivity index (χ2v) is 4.32. The van der Waals surface area contributed by atoms with Crippen LogP contribution in [-0.2, 0) is 9.53 Å². The molecule has 1 aliphatic heterocycles. The molecule has 1 N–H and O–H groups in total. The minimum Gasteiger partial charge on any atom is -0.469 e. The Kier molecular flexibility index (Phi) is 3.11. The normalized spacial score (nSPS) is 25.5. The van der Waals surface area contributed by atoms with Crippen molar-refractivity contribution in [2.75, 3.05) is 20.2 Å². The van der Waals surface area contributed by atoms with Crippen LogP contribution in [0.4, 0.5) is 0 Å². The van der Waals surface area contributed by atoms with Crippen molar-refractivity contribution in [3.8, 4) is 0 Å². The van der Waals surface area contributed by atoms with E-state index in [0.717, 1.165) is 12.3 Å². The lowest BCUT2D eigenvalue weighted by atomic mass is 9.94. The smallest absolute Gasteiger partial charge is 0.310 e. The molecule has 0 unspecified atom stereocenters. The number of esters is 1. The fraction of sp³-hybridized carbons (Fsp3) is 0.500. The Hall–Kier alpha value is -0.810. The third-order valence-electron chi connectivity index (χ3n) is 2.68. The first-order valence-corrected chi connectivity index (χ1v) is 5.55. The van der Waals surface area contributed by atoms with Gasteiger partial charge < -0.3 is 14.5 Å². The highest BCUT2D eigenvalue weighted by atomic mass is 79.9. The van der Waals surface area contributed by atoms with Crippen molar-refractivity contribution in [2.45, 2.75) is 5.92 Å². The SMILES string of the molecule is COC(=O)[C@H]1CNC[C@H]1c1ccc(Br)o1. The van der Waals surface area contributed by atoms with Crippen LogP contribution in [0.2, 0.25) is 0 Å². The largest absolute Gasteiger partial charge is 0.469 e. The number of rotatable bonds is 2. The molecule has 2 rings (SSSR count). The molecule has 0 radical (unpaired) electrons. The Labute approximate surface area is 96.1 Å². The van der Waals surface area contributed by atoms with Gasteiger partial charge in [0.05, 0.1) is 13.0 Å². The molecule has 15 heavy (non-hydrogen) atoms. The third-order valence-corrected chi connectivity index (χ3v) is 3.10. The average molecular weight is 274 g/mol. The summed E-state index contributed by atoms with van der Waals surface area (Å²) in [6.45, 7) is 1.40. The predicted molar refractivity (Wildman–Crippen MR) is 57.5 cm³/mol. The van der Waals surface area contributed by atoms with Gasteiger partial charge in [-0.05, 0) is 28.1 Å². The standard InChI is InChI=1S/C10H12BrNO3/c1-14-10(13)7-5-12-4-6(7)8-2-3-9(11)15-8/h2-3,6-7,12H,4-5H2,1H3/t6-,7+/m1/s1. The molecule has 0 bridgehead atoms. The second kappa shape index (κ2) is 4.37. The van der Waals surface area contributed by atoms with Crippen molar-refractivity contribution in [1.82, 2.24) is 5.32 Å². The van der Waals surface area contributed by atoms with E-state index in [1.165, 1.54) is 7.11 Å². The van der Waals surface area contributed by atoms with E-state index >= 15 is 0 Å². The summed E-state index contributed by atoms with van der Waals surface area (Å²) in [4.78, 5) is 11.5. The number of furan rings is 1. The van der Waals surface area contributed by atoms with Crippen LogP contribution < -0.4 is 5.32 Å². The fourth-order valence-corrected chi connectivity index (χ4v) is 2.22. The molecule has 2 atom stereocenters. The maximum absolute atomic E-state index is 11.5. The zero-order valence-electron chi connectivity index (χ0n) is 8.33. The maximum atomic E-state index is 11.5. The van der Waals surface area contributed by atoms with Gasteiger partial charge in [0.25, 0.3) is 0 Å². The molecule has 1 aromatic heterocycles. The molecule has 5 heteroatoms. The van der Waals surface area contributed by atoms with Crippen LogP contribution in [0, 0.1) is 5.92 Å². The first-order valence-electron chi connectivity index (χ1n) is 4.76. The highest BCUT2D eigenvalue weighted by Crippen LogP contribution is 2.31. The van der Waals surface area contributed by atoms with Gasteiger partial charge in [0, 0.05) is 19.0 Å². The first-order chi connectivity index (χ1) is 7.22. The molecule has 0 spiro atoms. The number of hydrogen-bond acceptors (Lipinski definition) is 4. The zero-order chi connectivity index (χ0) is 10.8. The van der Waals surface area contributed by atoms with Crippen LogP contribution >= 0.6 is 15.9 Å². The van der Waals surface area contributed by atoms with E-state index in [9.17, 15) is 4.79 Å². The minimum atomic E-state index is -0.183. The van der Waals surface area contributed by atoms with Gasteiger partial charge in [-0.3, -0.25) is 4.79 Å². The summed E-state index contributed by atoms with van der Waals surface area (Å²) >= 11 is 3.25. The number of halogens is 1. The Balaban J connectivity index is 2.18. The van der Waals surface area contributed by atoms with Crippen LogP contribution in [-0.4, -0.2) is 26.2 Å². The van der Waals surface area contributed by atoms with E-state index in [4.69, 9.17) is 9.15 Å². The lowest BCUT2D eigenvalue weighted by molar-refractivity contribution is -0.145. The summed E-state index contributed by atoms with van der Waals surface area (Å²) in [7, 11) is 1.41. The van der Waals surface area contributed by atoms with Crippen molar-refractivity contribution in [1.29, 1.82) is 0 Å². The summed E-state index contributed by atoms with van der Waals surface area (Å²) in [6, 6.07) is 3.72. The van der Waals surface area contributed by atoms with Crippen molar-refractivity contribution < 1.29 is 13.9 Å². The van der Waals surface area contributed by atoms with E-state index in [2.05, 4.69) is 21.2 Å². The molecule has 4 nitrogen and oxygen atoms in total. The van der Waals surface area contributed by atoms with E-state index in [1.807, 2.05) is 12.1 Å². The summed E-state index contributed by atoms with van der Waals surface area (Å²) in [6.07, 6.45) is 0. The fourth-order valence-electron chi connectivity index (χ4n) is 1.90. The van der Waals surface area contributed by atoms with Crippen molar-refractivity contribution >= 4 is 21.9 Å². The molecule has 1 saturated heterocycles. The Morgan fingerprint density at radius 1 is 1.60 bits per heavy atom. The van der Waals surface area contributed by atoms with E-state index < -0.39 is 0 Å². The van der Waals surface area contributed by atoms with Gasteiger partial charge in [-0.25, -0.2) is 0 Å². The van der Waals surface area contributed by atoms with E-state index in [1.54, 1.807) is 0 Å². The maximum Gasteiger partial charge on any atom is 0.310 e. The van der Waals surface area contributed by atoms with Crippen molar-refractivity contribution in [3.05, 3.63) is 22.6 Å².